The van der Waals surface area contributed by atoms with E-state index in [1.54, 1.807) is 12.1 Å². The van der Waals surface area contributed by atoms with E-state index in [0.29, 0.717) is 32.7 Å². The minimum atomic E-state index is -0.991. The Morgan fingerprint density at radius 2 is 1.54 bits per heavy atom. The predicted octanol–water partition coefficient (Wildman–Crippen LogP) is 4.49. The molecule has 342 valence electrons. The van der Waals surface area contributed by atoms with Gasteiger partial charge in [-0.2, -0.15) is 5.10 Å². The lowest BCUT2D eigenvalue weighted by molar-refractivity contribution is -0.137. The summed E-state index contributed by atoms with van der Waals surface area (Å²) in [6.45, 7) is 6.87. The van der Waals surface area contributed by atoms with Crippen LogP contribution < -0.4 is 19.9 Å². The molecule has 3 aromatic rings. The Balaban J connectivity index is 0.639. The third kappa shape index (κ3) is 8.00. The largest absolute Gasteiger partial charge is 0.489 e. The van der Waals surface area contributed by atoms with E-state index in [1.807, 2.05) is 17.2 Å². The van der Waals surface area contributed by atoms with Crippen LogP contribution in [-0.2, 0) is 30.3 Å². The molecule has 6 aliphatic heterocycles. The smallest absolute Gasteiger partial charge is 0.262 e. The van der Waals surface area contributed by atoms with Gasteiger partial charge in [0.25, 0.3) is 11.8 Å². The quantitative estimate of drug-likeness (QED) is 0.270. The number of anilines is 2. The number of benzene rings is 2. The zero-order valence-electron chi connectivity index (χ0n) is 37.1. The molecule has 0 radical (unpaired) electrons. The maximum absolute atomic E-state index is 13.5. The highest BCUT2D eigenvalue weighted by molar-refractivity contribution is 6.23. The minimum absolute atomic E-state index is 0.0270. The van der Waals surface area contributed by atoms with Crippen molar-refractivity contribution in [3.63, 3.8) is 0 Å². The van der Waals surface area contributed by atoms with Gasteiger partial charge in [0.05, 0.1) is 53.9 Å². The normalized spacial score (nSPS) is 24.8. The second kappa shape index (κ2) is 17.0. The van der Waals surface area contributed by atoms with Crippen molar-refractivity contribution in [2.45, 2.75) is 127 Å². The van der Waals surface area contributed by atoms with E-state index in [2.05, 4.69) is 50.0 Å². The molecule has 65 heavy (non-hydrogen) atoms. The molecular formula is C49H58N8O8. The first-order chi connectivity index (χ1) is 31.6. The van der Waals surface area contributed by atoms with Gasteiger partial charge in [0.1, 0.15) is 11.8 Å². The summed E-state index contributed by atoms with van der Waals surface area (Å²) in [6, 6.07) is 8.89. The van der Waals surface area contributed by atoms with E-state index in [9.17, 15) is 28.8 Å². The average Bonchev–Trinajstić information content (AvgIpc) is 3.97. The molecule has 7 heterocycles. The SMILES string of the molecule is C[C@H]1CCc2c(ccc(-c3cnn(C4CCN(CC(=O)N5CCC(OC6CN(c7ccc8c(c7)C(=O)N(C7CCC(=O)NC7=O)C8=O)C6)CC5)CC4)c3)c2OC2CCC2)N1C(=O)C1CC1. The Kier molecular flexibility index (Phi) is 11.0. The molecule has 6 fully saturated rings. The van der Waals surface area contributed by atoms with E-state index >= 15 is 0 Å². The van der Waals surface area contributed by atoms with Crippen molar-refractivity contribution in [3.8, 4) is 16.9 Å². The molecule has 11 rings (SSSR count). The summed E-state index contributed by atoms with van der Waals surface area (Å²) in [5.74, 6) is -0.530. The van der Waals surface area contributed by atoms with E-state index in [-0.39, 0.29) is 72.1 Å². The number of carbonyl (C=O) groups excluding carboxylic acids is 6. The molecule has 2 atom stereocenters. The molecular weight excluding hydrogens is 829 g/mol. The minimum Gasteiger partial charge on any atom is -0.489 e. The van der Waals surface area contributed by atoms with Gasteiger partial charge in [0.2, 0.25) is 23.6 Å². The Morgan fingerprint density at radius 1 is 0.785 bits per heavy atom. The molecule has 1 unspecified atom stereocenters. The highest BCUT2D eigenvalue weighted by Crippen LogP contribution is 2.46. The number of amides is 6. The van der Waals surface area contributed by atoms with Crippen molar-refractivity contribution >= 4 is 46.8 Å². The van der Waals surface area contributed by atoms with Crippen molar-refractivity contribution in [2.24, 2.45) is 5.92 Å². The molecule has 16 nitrogen and oxygen atoms in total. The van der Waals surface area contributed by atoms with Crippen molar-refractivity contribution in [3.05, 3.63) is 59.4 Å². The van der Waals surface area contributed by atoms with Crippen LogP contribution >= 0.6 is 0 Å². The zero-order valence-corrected chi connectivity index (χ0v) is 37.1. The van der Waals surface area contributed by atoms with E-state index < -0.39 is 29.7 Å². The standard InChI is InChI=1S/C49H58N8O8/c1-29-5-9-39-41(56(29)47(61)30-6-7-30)12-11-37(45(39)65-34-3-2-4-34)31-24-50-55(25-31)32-15-19-52(20-16-32)28-44(59)53-21-17-35(18-22-53)64-36-26-54(27-36)33-8-10-38-40(23-33)49(63)57(48(38)62)42-13-14-43(58)51-46(42)60/h8,10-12,23-25,29-30,32,34-36,42H,2-7,9,13-22,26-28H2,1H3,(H,51,58,60)/t29-,42?/m0/s1. The van der Waals surface area contributed by atoms with Gasteiger partial charge in [0, 0.05) is 86.2 Å². The molecule has 6 amide bonds. The molecule has 8 aliphatic rings. The zero-order chi connectivity index (χ0) is 44.5. The van der Waals surface area contributed by atoms with Gasteiger partial charge in [0.15, 0.2) is 0 Å². The molecule has 0 spiro atoms. The molecule has 2 aliphatic carbocycles. The second-order valence-corrected chi connectivity index (χ2v) is 19.6. The third-order valence-electron chi connectivity index (χ3n) is 15.3. The maximum atomic E-state index is 13.5. The van der Waals surface area contributed by atoms with Crippen LogP contribution in [0.1, 0.15) is 116 Å². The van der Waals surface area contributed by atoms with E-state index in [1.165, 1.54) is 6.42 Å². The fraction of sp³-hybridized carbons (Fsp3) is 0.571. The molecule has 2 saturated carbocycles. The highest BCUT2D eigenvalue weighted by atomic mass is 16.5. The lowest BCUT2D eigenvalue weighted by Gasteiger charge is -2.43. The van der Waals surface area contributed by atoms with Crippen molar-refractivity contribution in [2.75, 3.05) is 55.6 Å². The van der Waals surface area contributed by atoms with Crippen molar-refractivity contribution in [1.82, 2.24) is 29.8 Å². The van der Waals surface area contributed by atoms with Crippen LogP contribution in [0.5, 0.6) is 5.75 Å². The van der Waals surface area contributed by atoms with Crippen LogP contribution in [0.15, 0.2) is 42.7 Å². The average molecular weight is 887 g/mol. The van der Waals surface area contributed by atoms with Crippen LogP contribution in [0.3, 0.4) is 0 Å². The summed E-state index contributed by atoms with van der Waals surface area (Å²) in [4.78, 5) is 86.8. The fourth-order valence-corrected chi connectivity index (χ4v) is 10.9. The van der Waals surface area contributed by atoms with Crippen molar-refractivity contribution < 1.29 is 38.2 Å². The molecule has 1 N–H and O–H groups in total. The number of piperidine rings is 3. The van der Waals surface area contributed by atoms with Crippen LogP contribution in [0.2, 0.25) is 0 Å². The number of hydrogen-bond donors (Lipinski definition) is 1. The Hall–Kier alpha value is -5.61. The number of rotatable bonds is 11. The number of imide groups is 2. The summed E-state index contributed by atoms with van der Waals surface area (Å²) in [7, 11) is 0. The Morgan fingerprint density at radius 3 is 2.26 bits per heavy atom. The highest BCUT2D eigenvalue weighted by Gasteiger charge is 2.46. The lowest BCUT2D eigenvalue weighted by atomic mass is 9.91. The number of fused-ring (bicyclic) bond motifs is 2. The Labute approximate surface area is 378 Å². The lowest BCUT2D eigenvalue weighted by Crippen LogP contribution is -2.55. The van der Waals surface area contributed by atoms with Crippen LogP contribution in [0, 0.1) is 5.92 Å². The van der Waals surface area contributed by atoms with Crippen LogP contribution in [-0.4, -0.2) is 136 Å². The predicted molar refractivity (Wildman–Crippen MR) is 238 cm³/mol. The summed E-state index contributed by atoms with van der Waals surface area (Å²) < 4.78 is 15.3. The van der Waals surface area contributed by atoms with Gasteiger partial charge in [-0.3, -0.25) is 48.6 Å². The number of carbonyl (C=O) groups is 6. The second-order valence-electron chi connectivity index (χ2n) is 19.6. The van der Waals surface area contributed by atoms with Gasteiger partial charge in [-0.25, -0.2) is 0 Å². The Bertz CT molecular complexity index is 2420. The number of hydrogen-bond acceptors (Lipinski definition) is 11. The van der Waals surface area contributed by atoms with Crippen LogP contribution in [0.4, 0.5) is 11.4 Å². The van der Waals surface area contributed by atoms with Crippen LogP contribution in [0.25, 0.3) is 11.1 Å². The molecule has 4 saturated heterocycles. The number of aromatic nitrogens is 2. The fourth-order valence-electron chi connectivity index (χ4n) is 10.9. The summed E-state index contributed by atoms with van der Waals surface area (Å²) in [6.07, 6.45) is 15.1. The monoisotopic (exact) mass is 886 g/mol. The van der Waals surface area contributed by atoms with Gasteiger partial charge in [-0.15, -0.1) is 0 Å². The summed E-state index contributed by atoms with van der Waals surface area (Å²) in [5.41, 5.74) is 5.62. The molecule has 16 heteroatoms. The van der Waals surface area contributed by atoms with Gasteiger partial charge in [-0.05, 0) is 114 Å². The van der Waals surface area contributed by atoms with E-state index in [0.717, 1.165) is 116 Å². The molecule has 2 aromatic carbocycles. The third-order valence-corrected chi connectivity index (χ3v) is 15.3. The first kappa shape index (κ1) is 42.1. The topological polar surface area (TPSA) is 167 Å². The first-order valence-electron chi connectivity index (χ1n) is 24.0. The van der Waals surface area contributed by atoms with Gasteiger partial charge in [-0.1, -0.05) is 0 Å². The van der Waals surface area contributed by atoms with Gasteiger partial charge < -0.3 is 24.2 Å². The number of nitrogens with one attached hydrogen (secondary N) is 1. The summed E-state index contributed by atoms with van der Waals surface area (Å²) >= 11 is 0. The summed E-state index contributed by atoms with van der Waals surface area (Å²) in [5, 5.41) is 7.10. The molecule has 1 aromatic heterocycles. The number of nitrogens with zero attached hydrogens (tertiary/aromatic N) is 7. The number of likely N-dealkylation sites (tertiary alicyclic amines) is 2. The van der Waals surface area contributed by atoms with Gasteiger partial charge >= 0.3 is 0 Å². The first-order valence-corrected chi connectivity index (χ1v) is 24.0. The number of ether oxygens (including phenoxy) is 2. The van der Waals surface area contributed by atoms with E-state index in [4.69, 9.17) is 14.6 Å². The molecule has 0 bridgehead atoms. The maximum Gasteiger partial charge on any atom is 0.262 e. The van der Waals surface area contributed by atoms with Crippen molar-refractivity contribution in [1.29, 1.82) is 0 Å².